The largest absolute Gasteiger partial charge is 0.496 e. The van der Waals surface area contributed by atoms with E-state index in [1.807, 2.05) is 12.1 Å². The molecule has 4 rings (SSSR count). The minimum absolute atomic E-state index is 0.155. The van der Waals surface area contributed by atoms with Crippen LogP contribution in [0.25, 0.3) is 6.08 Å². The molecule has 1 saturated heterocycles. The topological polar surface area (TPSA) is 63.9 Å². The summed E-state index contributed by atoms with van der Waals surface area (Å²) in [6.45, 7) is 0.406. The van der Waals surface area contributed by atoms with Crippen molar-refractivity contribution in [3.05, 3.63) is 86.4 Å². The van der Waals surface area contributed by atoms with Gasteiger partial charge in [0, 0.05) is 11.6 Å². The fraction of sp³-hybridized carbons (Fsp3) is 0.130. The van der Waals surface area contributed by atoms with Crippen molar-refractivity contribution in [3.63, 3.8) is 0 Å². The number of hydrogen-bond donors (Lipinski definition) is 1. The fourth-order valence-corrected chi connectivity index (χ4v) is 4.06. The average molecular weight is 524 g/mol. The molecule has 3 aromatic rings. The van der Waals surface area contributed by atoms with Crippen molar-refractivity contribution < 1.29 is 18.7 Å². The van der Waals surface area contributed by atoms with E-state index < -0.39 is 0 Å². The van der Waals surface area contributed by atoms with Crippen LogP contribution >= 0.6 is 47.0 Å². The predicted molar refractivity (Wildman–Crippen MR) is 132 cm³/mol. The van der Waals surface area contributed by atoms with Crippen molar-refractivity contribution in [2.75, 3.05) is 7.11 Å². The summed E-state index contributed by atoms with van der Waals surface area (Å²) in [5, 5.41) is 4.29. The summed E-state index contributed by atoms with van der Waals surface area (Å²) in [6, 6.07) is 12.1. The third-order valence-corrected chi connectivity index (χ3v) is 6.17. The summed E-state index contributed by atoms with van der Waals surface area (Å²) in [5.74, 6) is 1.41. The molecule has 6 nitrogen and oxygen atoms in total. The molecule has 0 radical (unpaired) electrons. The Morgan fingerprint density at radius 1 is 1.09 bits per heavy atom. The Balaban J connectivity index is 1.54. The fourth-order valence-electron chi connectivity index (χ4n) is 3.21. The molecule has 1 aliphatic rings. The molecule has 2 heterocycles. The van der Waals surface area contributed by atoms with E-state index in [0.717, 1.165) is 11.1 Å². The van der Waals surface area contributed by atoms with Crippen LogP contribution in [0.15, 0.2) is 58.8 Å². The van der Waals surface area contributed by atoms with Gasteiger partial charge in [-0.2, -0.15) is 0 Å². The molecular weight excluding hydrogens is 507 g/mol. The molecule has 0 bridgehead atoms. The number of carbonyl (C=O) groups excluding carboxylic acids is 1. The van der Waals surface area contributed by atoms with E-state index >= 15 is 0 Å². The van der Waals surface area contributed by atoms with Crippen molar-refractivity contribution in [2.45, 2.75) is 13.2 Å². The zero-order valence-electron chi connectivity index (χ0n) is 17.2. The molecule has 33 heavy (non-hydrogen) atoms. The minimum atomic E-state index is -0.243. The maximum atomic E-state index is 12.8. The van der Waals surface area contributed by atoms with E-state index in [9.17, 15) is 4.79 Å². The Hall–Kier alpha value is -2.71. The monoisotopic (exact) mass is 522 g/mol. The molecule has 2 aromatic carbocycles. The van der Waals surface area contributed by atoms with E-state index in [1.165, 1.54) is 11.0 Å². The highest BCUT2D eigenvalue weighted by molar-refractivity contribution is 7.80. The van der Waals surface area contributed by atoms with Gasteiger partial charge < -0.3 is 19.2 Å². The first-order valence-corrected chi connectivity index (χ1v) is 11.2. The lowest BCUT2D eigenvalue weighted by Gasteiger charge is -2.13. The van der Waals surface area contributed by atoms with Gasteiger partial charge in [0.15, 0.2) is 5.11 Å². The number of thiocarbonyl (C=S) groups is 1. The van der Waals surface area contributed by atoms with E-state index in [0.29, 0.717) is 43.1 Å². The van der Waals surface area contributed by atoms with Crippen molar-refractivity contribution in [2.24, 2.45) is 0 Å². The first-order valence-electron chi connectivity index (χ1n) is 9.67. The van der Waals surface area contributed by atoms with Crippen molar-refractivity contribution in [3.8, 4) is 11.5 Å². The van der Waals surface area contributed by atoms with E-state index in [-0.39, 0.29) is 19.1 Å². The zero-order chi connectivity index (χ0) is 23.5. The van der Waals surface area contributed by atoms with Crippen molar-refractivity contribution in [1.82, 2.24) is 10.2 Å². The zero-order valence-corrected chi connectivity index (χ0v) is 20.3. The van der Waals surface area contributed by atoms with Crippen LogP contribution in [-0.4, -0.2) is 23.0 Å². The molecule has 0 unspecified atom stereocenters. The van der Waals surface area contributed by atoms with Gasteiger partial charge in [-0.25, -0.2) is 0 Å². The summed E-state index contributed by atoms with van der Waals surface area (Å²) in [5.41, 5.74) is 1.86. The number of nitrogens with zero attached hydrogens (tertiary/aromatic N) is 1. The SMILES string of the molecule is COc1ccc(/C=C2/NC(=S)N(Cc3ccco3)C2=O)cc1COc1cc(Cl)c(Cl)cc1Cl. The van der Waals surface area contributed by atoms with Gasteiger partial charge in [0.05, 0.1) is 35.0 Å². The van der Waals surface area contributed by atoms with Crippen LogP contribution in [0.5, 0.6) is 11.5 Å². The Kier molecular flexibility index (Phi) is 7.14. The number of hydrogen-bond acceptors (Lipinski definition) is 5. The predicted octanol–water partition coefficient (Wildman–Crippen LogP) is 6.09. The van der Waals surface area contributed by atoms with Gasteiger partial charge in [-0.3, -0.25) is 9.69 Å². The third kappa shape index (κ3) is 5.28. The summed E-state index contributed by atoms with van der Waals surface area (Å²) < 4.78 is 16.6. The van der Waals surface area contributed by atoms with Crippen LogP contribution in [0.2, 0.25) is 15.1 Å². The van der Waals surface area contributed by atoms with E-state index in [4.69, 9.17) is 60.9 Å². The Morgan fingerprint density at radius 3 is 2.61 bits per heavy atom. The van der Waals surface area contributed by atoms with Gasteiger partial charge in [0.25, 0.3) is 5.91 Å². The first-order chi connectivity index (χ1) is 15.9. The van der Waals surface area contributed by atoms with Crippen LogP contribution in [0.3, 0.4) is 0 Å². The number of furan rings is 1. The standard InChI is InChI=1S/C23H17Cl3N2O4S/c1-30-20-5-4-13(7-14(20)12-32-21-10-17(25)16(24)9-18(21)26)8-19-22(29)28(23(33)27-19)11-15-3-2-6-31-15/h2-10H,11-12H2,1H3,(H,27,33)/b19-8+. The van der Waals surface area contributed by atoms with Crippen LogP contribution in [0.1, 0.15) is 16.9 Å². The molecule has 1 amide bonds. The number of benzene rings is 2. The molecule has 170 valence electrons. The molecule has 1 aromatic heterocycles. The second-order valence-electron chi connectivity index (χ2n) is 7.02. The number of methoxy groups -OCH3 is 1. The van der Waals surface area contributed by atoms with Crippen molar-refractivity contribution >= 4 is 64.1 Å². The van der Waals surface area contributed by atoms with Gasteiger partial charge in [0.2, 0.25) is 0 Å². The van der Waals surface area contributed by atoms with Gasteiger partial charge in [-0.1, -0.05) is 40.9 Å². The third-order valence-electron chi connectivity index (χ3n) is 4.83. The van der Waals surface area contributed by atoms with Gasteiger partial charge >= 0.3 is 0 Å². The molecule has 1 aliphatic heterocycles. The highest BCUT2D eigenvalue weighted by Crippen LogP contribution is 2.35. The normalized spacial score (nSPS) is 14.7. The van der Waals surface area contributed by atoms with Crippen molar-refractivity contribution in [1.29, 1.82) is 0 Å². The lowest BCUT2D eigenvalue weighted by Crippen LogP contribution is -2.29. The van der Waals surface area contributed by atoms with Crippen LogP contribution in [0, 0.1) is 0 Å². The van der Waals surface area contributed by atoms with Gasteiger partial charge in [-0.15, -0.1) is 0 Å². The number of ether oxygens (including phenoxy) is 2. The number of amides is 1. The first kappa shape index (κ1) is 23.4. The number of carbonyl (C=O) groups is 1. The van der Waals surface area contributed by atoms with Crippen LogP contribution in [-0.2, 0) is 17.9 Å². The second-order valence-corrected chi connectivity index (χ2v) is 8.62. The highest BCUT2D eigenvalue weighted by Gasteiger charge is 2.31. The summed E-state index contributed by atoms with van der Waals surface area (Å²) in [7, 11) is 1.57. The summed E-state index contributed by atoms with van der Waals surface area (Å²) in [6.07, 6.45) is 3.26. The Bertz CT molecular complexity index is 1240. The van der Waals surface area contributed by atoms with E-state index in [1.54, 1.807) is 43.7 Å². The van der Waals surface area contributed by atoms with Gasteiger partial charge in [0.1, 0.15) is 29.6 Å². The highest BCUT2D eigenvalue weighted by atomic mass is 35.5. The summed E-state index contributed by atoms with van der Waals surface area (Å²) in [4.78, 5) is 14.3. The average Bonchev–Trinajstić information content (AvgIpc) is 3.39. The lowest BCUT2D eigenvalue weighted by molar-refractivity contribution is -0.122. The van der Waals surface area contributed by atoms with Crippen LogP contribution in [0.4, 0.5) is 0 Å². The molecule has 0 atom stereocenters. The lowest BCUT2D eigenvalue weighted by atomic mass is 10.1. The van der Waals surface area contributed by atoms with E-state index in [2.05, 4.69) is 5.32 Å². The molecule has 0 spiro atoms. The molecule has 0 aliphatic carbocycles. The number of halogens is 3. The molecule has 0 saturated carbocycles. The number of nitrogens with one attached hydrogen (secondary N) is 1. The molecule has 1 N–H and O–H groups in total. The quantitative estimate of drug-likeness (QED) is 0.230. The van der Waals surface area contributed by atoms with Gasteiger partial charge in [-0.05, 0) is 54.2 Å². The van der Waals surface area contributed by atoms with Crippen LogP contribution < -0.4 is 14.8 Å². The molecule has 1 fully saturated rings. The minimum Gasteiger partial charge on any atom is -0.496 e. The maximum Gasteiger partial charge on any atom is 0.276 e. The second kappa shape index (κ2) is 10.1. The smallest absolute Gasteiger partial charge is 0.276 e. The summed E-state index contributed by atoms with van der Waals surface area (Å²) >= 11 is 23.6. The Morgan fingerprint density at radius 2 is 1.88 bits per heavy atom. The Labute approximate surface area is 210 Å². The number of rotatable bonds is 7. The maximum absolute atomic E-state index is 12.8. The molecule has 10 heteroatoms. The molecular formula is C23H17Cl3N2O4S.